The molecule has 6 rings (SSSR count). The molecule has 6 aromatic rings. The molecule has 0 atom stereocenters. The van der Waals surface area contributed by atoms with Crippen LogP contribution in [0.3, 0.4) is 0 Å². The number of benzene rings is 2. The van der Waals surface area contributed by atoms with Gasteiger partial charge in [0, 0.05) is 49.1 Å². The van der Waals surface area contributed by atoms with E-state index >= 15 is 0 Å². The summed E-state index contributed by atoms with van der Waals surface area (Å²) in [5.41, 5.74) is 10.4. The Balaban J connectivity index is 1.36. The summed E-state index contributed by atoms with van der Waals surface area (Å²) in [6, 6.07) is 21.4. The maximum atomic E-state index is 4.71. The van der Waals surface area contributed by atoms with Gasteiger partial charge in [0.1, 0.15) is 5.69 Å². The largest absolute Gasteiger partial charge is 0.358 e. The standard InChI is InChI=1S/C34H33N5S/c1-20(2)31-12-13-32(40-31)25-8-7-9-28-26(25)16-30(37-28)33-27-15-22(10-11-29(27)38-39-33)23-14-24(19-35-18-23)36-21(3)17-34(4,5)6/h7-16,18-19,36-37H,1,3,17H2,2,4-6H3,(H,38,39). The molecule has 0 saturated heterocycles. The maximum Gasteiger partial charge on any atom is 0.116 e. The summed E-state index contributed by atoms with van der Waals surface area (Å²) in [7, 11) is 0. The summed E-state index contributed by atoms with van der Waals surface area (Å²) in [6.45, 7) is 17.0. The number of rotatable bonds is 7. The number of H-pyrrole nitrogens is 2. The minimum absolute atomic E-state index is 0.165. The van der Waals surface area contributed by atoms with Crippen LogP contribution in [0.1, 0.15) is 39.0 Å². The molecule has 0 radical (unpaired) electrons. The summed E-state index contributed by atoms with van der Waals surface area (Å²) in [5, 5.41) is 13.6. The van der Waals surface area contributed by atoms with Crippen LogP contribution in [0.4, 0.5) is 5.69 Å². The molecule has 0 fully saturated rings. The monoisotopic (exact) mass is 543 g/mol. The molecule has 0 bridgehead atoms. The van der Waals surface area contributed by atoms with Crippen LogP contribution < -0.4 is 5.32 Å². The molecule has 6 heteroatoms. The molecule has 0 aliphatic carbocycles. The molecule has 5 nitrogen and oxygen atoms in total. The Kier molecular flexibility index (Phi) is 6.43. The predicted molar refractivity (Wildman–Crippen MR) is 171 cm³/mol. The molecule has 200 valence electrons. The van der Waals surface area contributed by atoms with Crippen LogP contribution in [0.25, 0.3) is 60.3 Å². The summed E-state index contributed by atoms with van der Waals surface area (Å²) < 4.78 is 0. The molecular formula is C34H33N5S. The smallest absolute Gasteiger partial charge is 0.116 e. The number of fused-ring (bicyclic) bond motifs is 2. The van der Waals surface area contributed by atoms with E-state index in [0.717, 1.165) is 62.3 Å². The van der Waals surface area contributed by atoms with Gasteiger partial charge < -0.3 is 10.3 Å². The van der Waals surface area contributed by atoms with Crippen molar-refractivity contribution in [3.63, 3.8) is 0 Å². The van der Waals surface area contributed by atoms with E-state index in [4.69, 9.17) is 5.10 Å². The normalized spacial score (nSPS) is 11.8. The topological polar surface area (TPSA) is 69.4 Å². The van der Waals surface area contributed by atoms with Gasteiger partial charge in [0.05, 0.1) is 23.1 Å². The fourth-order valence-electron chi connectivity index (χ4n) is 5.16. The molecule has 0 saturated carbocycles. The van der Waals surface area contributed by atoms with Crippen molar-refractivity contribution >= 4 is 44.4 Å². The fraction of sp³-hybridized carbons (Fsp3) is 0.176. The van der Waals surface area contributed by atoms with Crippen LogP contribution in [0.5, 0.6) is 0 Å². The van der Waals surface area contributed by atoms with E-state index in [1.165, 1.54) is 20.7 Å². The molecular weight excluding hydrogens is 510 g/mol. The van der Waals surface area contributed by atoms with Crippen LogP contribution in [-0.4, -0.2) is 20.2 Å². The quantitative estimate of drug-likeness (QED) is 0.188. The van der Waals surface area contributed by atoms with Crippen LogP contribution in [0, 0.1) is 5.41 Å². The molecule has 0 aliphatic heterocycles. The Hall–Kier alpha value is -4.42. The summed E-state index contributed by atoms with van der Waals surface area (Å²) in [5.74, 6) is 0. The van der Waals surface area contributed by atoms with Crippen molar-refractivity contribution in [3.8, 4) is 33.0 Å². The number of allylic oxidation sites excluding steroid dienone is 2. The van der Waals surface area contributed by atoms with Gasteiger partial charge in [-0.15, -0.1) is 11.3 Å². The van der Waals surface area contributed by atoms with Crippen molar-refractivity contribution in [2.24, 2.45) is 5.41 Å². The van der Waals surface area contributed by atoms with Gasteiger partial charge in [0.25, 0.3) is 0 Å². The van der Waals surface area contributed by atoms with E-state index in [-0.39, 0.29) is 5.41 Å². The minimum Gasteiger partial charge on any atom is -0.358 e. The van der Waals surface area contributed by atoms with E-state index < -0.39 is 0 Å². The Morgan fingerprint density at radius 2 is 1.77 bits per heavy atom. The van der Waals surface area contributed by atoms with Crippen molar-refractivity contribution in [3.05, 3.63) is 96.8 Å². The number of hydrogen-bond acceptors (Lipinski definition) is 4. The molecule has 0 spiro atoms. The zero-order valence-electron chi connectivity index (χ0n) is 23.4. The van der Waals surface area contributed by atoms with Crippen LogP contribution >= 0.6 is 11.3 Å². The second-order valence-electron chi connectivity index (χ2n) is 11.7. The lowest BCUT2D eigenvalue weighted by molar-refractivity contribution is 0.411. The molecule has 3 N–H and O–H groups in total. The number of aromatic nitrogens is 4. The number of nitrogens with zero attached hydrogens (tertiary/aromatic N) is 2. The maximum absolute atomic E-state index is 4.71. The second-order valence-corrected chi connectivity index (χ2v) is 12.7. The van der Waals surface area contributed by atoms with Crippen LogP contribution in [0.15, 0.2) is 91.9 Å². The summed E-state index contributed by atoms with van der Waals surface area (Å²) >= 11 is 1.77. The lowest BCUT2D eigenvalue weighted by Gasteiger charge is -2.20. The molecule has 0 aliphatic rings. The predicted octanol–water partition coefficient (Wildman–Crippen LogP) is 9.90. The Bertz CT molecular complexity index is 1890. The number of hydrogen-bond donors (Lipinski definition) is 3. The van der Waals surface area contributed by atoms with E-state index in [0.29, 0.717) is 0 Å². The fourth-order valence-corrected chi connectivity index (χ4v) is 6.13. The minimum atomic E-state index is 0.165. The van der Waals surface area contributed by atoms with Gasteiger partial charge in [-0.05, 0) is 72.4 Å². The van der Waals surface area contributed by atoms with Gasteiger partial charge in [-0.1, -0.05) is 52.1 Å². The zero-order chi connectivity index (χ0) is 28.0. The Morgan fingerprint density at radius 3 is 2.55 bits per heavy atom. The van der Waals surface area contributed by atoms with Gasteiger partial charge in [0.2, 0.25) is 0 Å². The lowest BCUT2D eigenvalue weighted by Crippen LogP contribution is -2.10. The molecule has 40 heavy (non-hydrogen) atoms. The van der Waals surface area contributed by atoms with Crippen molar-refractivity contribution in [1.82, 2.24) is 20.2 Å². The first-order valence-corrected chi connectivity index (χ1v) is 14.2. The average Bonchev–Trinajstić information content (AvgIpc) is 3.65. The summed E-state index contributed by atoms with van der Waals surface area (Å²) in [4.78, 5) is 10.6. The lowest BCUT2D eigenvalue weighted by atomic mass is 9.91. The third-order valence-corrected chi connectivity index (χ3v) is 8.19. The van der Waals surface area contributed by atoms with E-state index in [2.05, 4.69) is 115 Å². The van der Waals surface area contributed by atoms with Crippen LogP contribution in [-0.2, 0) is 0 Å². The van der Waals surface area contributed by atoms with E-state index in [1.54, 1.807) is 11.3 Å². The van der Waals surface area contributed by atoms with Gasteiger partial charge in [-0.25, -0.2) is 0 Å². The summed E-state index contributed by atoms with van der Waals surface area (Å²) in [6.07, 6.45) is 4.62. The number of pyridine rings is 1. The number of nitrogens with one attached hydrogen (secondary N) is 3. The van der Waals surface area contributed by atoms with E-state index in [9.17, 15) is 0 Å². The molecule has 2 aromatic carbocycles. The molecule has 4 heterocycles. The highest BCUT2D eigenvalue weighted by atomic mass is 32.1. The van der Waals surface area contributed by atoms with Crippen molar-refractivity contribution < 1.29 is 0 Å². The molecule has 4 aromatic heterocycles. The van der Waals surface area contributed by atoms with Gasteiger partial charge in [-0.3, -0.25) is 10.1 Å². The zero-order valence-corrected chi connectivity index (χ0v) is 24.2. The first-order chi connectivity index (χ1) is 19.1. The van der Waals surface area contributed by atoms with Crippen molar-refractivity contribution in [2.75, 3.05) is 5.32 Å². The number of aromatic amines is 2. The molecule has 0 amide bonds. The molecule has 0 unspecified atom stereocenters. The van der Waals surface area contributed by atoms with Crippen molar-refractivity contribution in [2.45, 2.75) is 34.1 Å². The Morgan fingerprint density at radius 1 is 0.925 bits per heavy atom. The second kappa shape index (κ2) is 9.96. The first kappa shape index (κ1) is 25.8. The number of thiophene rings is 1. The van der Waals surface area contributed by atoms with E-state index in [1.807, 2.05) is 19.3 Å². The average molecular weight is 544 g/mol. The SMILES string of the molecule is C=C(CC(C)(C)C)Nc1cncc(-c2ccc3[nH]nc(-c4cc5c(-c6ccc(C(=C)C)s6)cccc5[nH]4)c3c2)c1. The van der Waals surface area contributed by atoms with Gasteiger partial charge in [0.15, 0.2) is 0 Å². The van der Waals surface area contributed by atoms with Crippen LogP contribution in [0.2, 0.25) is 0 Å². The highest BCUT2D eigenvalue weighted by Gasteiger charge is 2.16. The Labute approximate surface area is 238 Å². The third-order valence-electron chi connectivity index (χ3n) is 6.91. The van der Waals surface area contributed by atoms with Gasteiger partial charge >= 0.3 is 0 Å². The highest BCUT2D eigenvalue weighted by Crippen LogP contribution is 2.38. The first-order valence-electron chi connectivity index (χ1n) is 13.4. The highest BCUT2D eigenvalue weighted by molar-refractivity contribution is 7.16. The van der Waals surface area contributed by atoms with Gasteiger partial charge in [-0.2, -0.15) is 5.10 Å². The van der Waals surface area contributed by atoms with Crippen molar-refractivity contribution in [1.29, 1.82) is 0 Å². The number of anilines is 1. The third kappa shape index (κ3) is 5.10.